The normalized spacial score (nSPS) is 12.1. The molecule has 0 fully saturated rings. The highest BCUT2D eigenvalue weighted by molar-refractivity contribution is 9.10. The van der Waals surface area contributed by atoms with Gasteiger partial charge in [0.05, 0.1) is 4.90 Å². The number of allylic oxidation sites excluding steroid dienone is 1. The molecule has 6 nitrogen and oxygen atoms in total. The molecule has 0 atom stereocenters. The fourth-order valence-electron chi connectivity index (χ4n) is 1.64. The van der Waals surface area contributed by atoms with Crippen molar-refractivity contribution in [2.45, 2.75) is 30.6 Å². The zero-order valence-electron chi connectivity index (χ0n) is 11.4. The van der Waals surface area contributed by atoms with E-state index in [-0.39, 0.29) is 10.7 Å². The van der Waals surface area contributed by atoms with Gasteiger partial charge in [0, 0.05) is 17.4 Å². The van der Waals surface area contributed by atoms with E-state index in [1.807, 2.05) is 0 Å². The standard InChI is InChI=1S/C13H16BrN3O3S/c14-11-5-7-13(8-6-11)21(19,20)17-9-3-1-2-4-12(18)10-16-15/h5-8,10,17H,1-4,9H2/p+1/b12-10-. The summed E-state index contributed by atoms with van der Waals surface area (Å²) in [4.78, 5) is 2.95. The Morgan fingerprint density at radius 2 is 1.95 bits per heavy atom. The molecule has 1 aromatic rings. The summed E-state index contributed by atoms with van der Waals surface area (Å²) in [5.74, 6) is 0.00735. The highest BCUT2D eigenvalue weighted by Gasteiger charge is 2.12. The molecule has 114 valence electrons. The average molecular weight is 375 g/mol. The van der Waals surface area contributed by atoms with Gasteiger partial charge in [-0.25, -0.2) is 13.1 Å². The van der Waals surface area contributed by atoms with Crippen LogP contribution >= 0.6 is 15.9 Å². The Morgan fingerprint density at radius 1 is 1.29 bits per heavy atom. The number of aliphatic hydroxyl groups excluding tert-OH is 1. The number of sulfonamides is 1. The van der Waals surface area contributed by atoms with Gasteiger partial charge in [-0.1, -0.05) is 22.4 Å². The van der Waals surface area contributed by atoms with Gasteiger partial charge in [-0.3, -0.25) is 0 Å². The molecule has 0 radical (unpaired) electrons. The zero-order valence-corrected chi connectivity index (χ0v) is 13.8. The minimum absolute atomic E-state index is 0.00735. The second-order valence-electron chi connectivity index (χ2n) is 4.40. The number of nitrogens with one attached hydrogen (secondary N) is 1. The van der Waals surface area contributed by atoms with Crippen LogP contribution in [-0.2, 0) is 10.0 Å². The Hall–Kier alpha value is -1.43. The SMILES string of the molecule is N#[N+]/C=C(\O)CCCCCNS(=O)(=O)c1ccc(Br)cc1. The first kappa shape index (κ1) is 17.6. The molecule has 8 heteroatoms. The van der Waals surface area contributed by atoms with Gasteiger partial charge < -0.3 is 5.11 Å². The Morgan fingerprint density at radius 3 is 2.57 bits per heavy atom. The molecule has 0 unspecified atom stereocenters. The number of nitrogens with zero attached hydrogens (tertiary/aromatic N) is 2. The number of aliphatic hydroxyl groups is 1. The van der Waals surface area contributed by atoms with Crippen LogP contribution in [0.25, 0.3) is 4.98 Å². The summed E-state index contributed by atoms with van der Waals surface area (Å²) < 4.78 is 27.3. The molecular weight excluding hydrogens is 358 g/mol. The Labute approximate surface area is 132 Å². The van der Waals surface area contributed by atoms with E-state index in [1.54, 1.807) is 12.1 Å². The Bertz CT molecular complexity index is 621. The van der Waals surface area contributed by atoms with Crippen LogP contribution in [0.15, 0.2) is 45.6 Å². The van der Waals surface area contributed by atoms with E-state index >= 15 is 0 Å². The van der Waals surface area contributed by atoms with Gasteiger partial charge >= 0.3 is 6.20 Å². The molecule has 0 aromatic heterocycles. The number of halogens is 1. The van der Waals surface area contributed by atoms with Crippen molar-refractivity contribution in [1.82, 2.24) is 4.72 Å². The lowest BCUT2D eigenvalue weighted by molar-refractivity contribution is 0.381. The number of hydrogen-bond donors (Lipinski definition) is 2. The number of rotatable bonds is 8. The van der Waals surface area contributed by atoms with E-state index in [4.69, 9.17) is 5.39 Å². The highest BCUT2D eigenvalue weighted by Crippen LogP contribution is 2.14. The minimum Gasteiger partial charge on any atom is -0.505 e. The van der Waals surface area contributed by atoms with E-state index in [9.17, 15) is 13.5 Å². The zero-order chi connectivity index (χ0) is 15.7. The van der Waals surface area contributed by atoms with Gasteiger partial charge in [0.15, 0.2) is 10.7 Å². The van der Waals surface area contributed by atoms with Crippen molar-refractivity contribution in [2.24, 2.45) is 0 Å². The summed E-state index contributed by atoms with van der Waals surface area (Å²) in [6.07, 6.45) is 3.50. The van der Waals surface area contributed by atoms with Crippen molar-refractivity contribution < 1.29 is 13.5 Å². The molecule has 0 aliphatic carbocycles. The molecule has 0 saturated carbocycles. The quantitative estimate of drug-likeness (QED) is 0.413. The first-order chi connectivity index (χ1) is 9.95. The van der Waals surface area contributed by atoms with Crippen LogP contribution in [0.2, 0.25) is 0 Å². The highest BCUT2D eigenvalue weighted by atomic mass is 79.9. The molecule has 2 N–H and O–H groups in total. The summed E-state index contributed by atoms with van der Waals surface area (Å²) in [5.41, 5.74) is 0. The second-order valence-corrected chi connectivity index (χ2v) is 7.08. The van der Waals surface area contributed by atoms with Crippen LogP contribution in [-0.4, -0.2) is 20.1 Å². The lowest BCUT2D eigenvalue weighted by Gasteiger charge is -2.06. The molecule has 0 bridgehead atoms. The number of hydrogen-bond acceptors (Lipinski definition) is 4. The molecule has 0 amide bonds. The third kappa shape index (κ3) is 6.71. The van der Waals surface area contributed by atoms with E-state index in [0.717, 1.165) is 17.1 Å². The monoisotopic (exact) mass is 374 g/mol. The van der Waals surface area contributed by atoms with Gasteiger partial charge in [0.1, 0.15) is 0 Å². The van der Waals surface area contributed by atoms with Crippen LogP contribution in [0.1, 0.15) is 25.7 Å². The van der Waals surface area contributed by atoms with Crippen molar-refractivity contribution >= 4 is 26.0 Å². The van der Waals surface area contributed by atoms with Crippen LogP contribution < -0.4 is 4.72 Å². The maximum absolute atomic E-state index is 12.0. The Kier molecular flexibility index (Phi) is 7.36. The summed E-state index contributed by atoms with van der Waals surface area (Å²) in [5, 5.41) is 17.4. The van der Waals surface area contributed by atoms with Crippen molar-refractivity contribution in [1.29, 1.82) is 5.39 Å². The maximum atomic E-state index is 12.0. The molecular formula is C13H17BrN3O3S+. The van der Waals surface area contributed by atoms with Crippen molar-refractivity contribution in [3.8, 4) is 0 Å². The lowest BCUT2D eigenvalue weighted by Crippen LogP contribution is -2.24. The van der Waals surface area contributed by atoms with Crippen LogP contribution in [0.5, 0.6) is 0 Å². The molecule has 1 rings (SSSR count). The predicted molar refractivity (Wildman–Crippen MR) is 83.6 cm³/mol. The third-order valence-electron chi connectivity index (χ3n) is 2.73. The third-order valence-corrected chi connectivity index (χ3v) is 4.74. The predicted octanol–water partition coefficient (Wildman–Crippen LogP) is 3.54. The van der Waals surface area contributed by atoms with E-state index in [1.165, 1.54) is 12.1 Å². The van der Waals surface area contributed by atoms with Gasteiger partial charge in [0.2, 0.25) is 15.4 Å². The molecule has 21 heavy (non-hydrogen) atoms. The molecule has 0 saturated heterocycles. The van der Waals surface area contributed by atoms with E-state index in [2.05, 4.69) is 25.6 Å². The van der Waals surface area contributed by atoms with Crippen molar-refractivity contribution in [2.75, 3.05) is 6.54 Å². The fourth-order valence-corrected chi connectivity index (χ4v) is 2.98. The minimum atomic E-state index is -3.47. The van der Waals surface area contributed by atoms with Gasteiger partial charge in [-0.2, -0.15) is 0 Å². The van der Waals surface area contributed by atoms with E-state index in [0.29, 0.717) is 25.8 Å². The summed E-state index contributed by atoms with van der Waals surface area (Å²) in [6, 6.07) is 6.42. The second kappa shape index (κ2) is 8.77. The summed E-state index contributed by atoms with van der Waals surface area (Å²) >= 11 is 3.25. The fraction of sp³-hybridized carbons (Fsp3) is 0.385. The van der Waals surface area contributed by atoms with Gasteiger partial charge in [-0.05, 0) is 37.1 Å². The number of unbranched alkanes of at least 4 members (excludes halogenated alkanes) is 2. The number of benzene rings is 1. The summed E-state index contributed by atoms with van der Waals surface area (Å²) in [7, 11) is -3.47. The molecule has 0 spiro atoms. The molecule has 0 aliphatic heterocycles. The maximum Gasteiger partial charge on any atom is 0.387 e. The average Bonchev–Trinajstić information content (AvgIpc) is 2.43. The van der Waals surface area contributed by atoms with Gasteiger partial charge in [-0.15, -0.1) is 0 Å². The largest absolute Gasteiger partial charge is 0.505 e. The smallest absolute Gasteiger partial charge is 0.387 e. The van der Waals surface area contributed by atoms with Crippen molar-refractivity contribution in [3.05, 3.63) is 45.7 Å². The lowest BCUT2D eigenvalue weighted by atomic mass is 10.2. The van der Waals surface area contributed by atoms with Crippen molar-refractivity contribution in [3.63, 3.8) is 0 Å². The molecule has 0 aliphatic rings. The molecule has 1 aromatic carbocycles. The molecule has 0 heterocycles. The topological polar surface area (TPSA) is 94.5 Å². The van der Waals surface area contributed by atoms with Gasteiger partial charge in [0.25, 0.3) is 0 Å². The van der Waals surface area contributed by atoms with E-state index < -0.39 is 10.0 Å². The summed E-state index contributed by atoms with van der Waals surface area (Å²) in [6.45, 7) is 0.341. The first-order valence-corrected chi connectivity index (χ1v) is 8.71. The van der Waals surface area contributed by atoms with Crippen LogP contribution in [0, 0.1) is 5.39 Å². The first-order valence-electron chi connectivity index (χ1n) is 6.43. The van der Waals surface area contributed by atoms with Crippen LogP contribution in [0.4, 0.5) is 0 Å². The van der Waals surface area contributed by atoms with Crippen LogP contribution in [0.3, 0.4) is 0 Å². The number of diazo groups is 1. The Balaban J connectivity index is 2.31.